The number of carbonyl (C=O) groups is 2. The topological polar surface area (TPSA) is 99.2 Å². The van der Waals surface area contributed by atoms with Gasteiger partial charge in [0.25, 0.3) is 0 Å². The summed E-state index contributed by atoms with van der Waals surface area (Å²) >= 11 is 0. The van der Waals surface area contributed by atoms with Crippen LogP contribution in [0, 0.1) is 17.2 Å². The highest BCUT2D eigenvalue weighted by atomic mass is 16.2. The lowest BCUT2D eigenvalue weighted by atomic mass is 9.86. The van der Waals surface area contributed by atoms with Gasteiger partial charge in [0.15, 0.2) is 0 Å². The van der Waals surface area contributed by atoms with Crippen molar-refractivity contribution < 1.29 is 9.59 Å². The zero-order chi connectivity index (χ0) is 18.3. The quantitative estimate of drug-likeness (QED) is 0.701. The van der Waals surface area contributed by atoms with Crippen LogP contribution in [0.2, 0.25) is 0 Å². The van der Waals surface area contributed by atoms with E-state index in [2.05, 4.69) is 16.3 Å². The van der Waals surface area contributed by atoms with E-state index in [9.17, 15) is 14.9 Å². The normalized spacial score (nSPS) is 26.1. The van der Waals surface area contributed by atoms with Crippen molar-refractivity contribution in [1.82, 2.24) is 10.2 Å². The lowest BCUT2D eigenvalue weighted by molar-refractivity contribution is -0.123. The average Bonchev–Trinajstić information content (AvgIpc) is 3.03. The van der Waals surface area contributed by atoms with E-state index in [0.717, 1.165) is 12.8 Å². The number of hydrogen-bond acceptors (Lipinski definition) is 4. The van der Waals surface area contributed by atoms with Gasteiger partial charge in [0.2, 0.25) is 11.8 Å². The number of hydrogen-bond donors (Lipinski definition) is 2. The lowest BCUT2D eigenvalue weighted by Crippen LogP contribution is -2.50. The number of primary amides is 1. The number of nitrogens with zero attached hydrogens (tertiary/aromatic N) is 2. The van der Waals surface area contributed by atoms with Crippen molar-refractivity contribution in [2.75, 3.05) is 13.1 Å². The maximum absolute atomic E-state index is 12.4. The minimum Gasteiger partial charge on any atom is -0.370 e. The number of carbonyl (C=O) groups excluding carboxylic acids is 2. The van der Waals surface area contributed by atoms with Gasteiger partial charge in [-0.2, -0.15) is 5.26 Å². The van der Waals surface area contributed by atoms with Crippen LogP contribution in [0.4, 0.5) is 0 Å². The highest BCUT2D eigenvalue weighted by Crippen LogP contribution is 2.28. The van der Waals surface area contributed by atoms with Gasteiger partial charge in [0.1, 0.15) is 5.54 Å². The molecule has 0 radical (unpaired) electrons. The number of amides is 2. The Morgan fingerprint density at radius 3 is 2.68 bits per heavy atom. The third-order valence-electron chi connectivity index (χ3n) is 5.82. The molecule has 1 heterocycles. The van der Waals surface area contributed by atoms with Crippen molar-refractivity contribution in [3.63, 3.8) is 0 Å². The van der Waals surface area contributed by atoms with Crippen molar-refractivity contribution in [1.29, 1.82) is 5.26 Å². The standard InChI is InChI=1S/C19H32N4O2/c1-2-16(12-17(21)24)23-11-10-19(13-20,14-23)22-18(25)9-8-15-6-4-3-5-7-15/h15-16H,2-12,14H2,1H3,(H2,21,24)(H,22,25). The highest BCUT2D eigenvalue weighted by Gasteiger charge is 2.41. The van der Waals surface area contributed by atoms with Crippen LogP contribution in [0.1, 0.15) is 71.1 Å². The second-order valence-electron chi connectivity index (χ2n) is 7.74. The Bertz CT molecular complexity index is 510. The Hall–Kier alpha value is -1.61. The molecule has 3 N–H and O–H groups in total. The molecule has 2 fully saturated rings. The number of rotatable bonds is 8. The van der Waals surface area contributed by atoms with Crippen molar-refractivity contribution in [3.05, 3.63) is 0 Å². The zero-order valence-electron chi connectivity index (χ0n) is 15.4. The van der Waals surface area contributed by atoms with E-state index in [1.165, 1.54) is 32.1 Å². The third-order valence-corrected chi connectivity index (χ3v) is 5.82. The van der Waals surface area contributed by atoms with Crippen LogP contribution in [0.25, 0.3) is 0 Å². The smallest absolute Gasteiger partial charge is 0.221 e. The Kier molecular flexibility index (Phi) is 7.24. The van der Waals surface area contributed by atoms with Gasteiger partial charge < -0.3 is 11.1 Å². The molecule has 0 aromatic rings. The first kappa shape index (κ1) is 19.7. The number of nitriles is 1. The molecule has 0 spiro atoms. The fraction of sp³-hybridized carbons (Fsp3) is 0.842. The lowest BCUT2D eigenvalue weighted by Gasteiger charge is -2.28. The first-order chi connectivity index (χ1) is 12.0. The van der Waals surface area contributed by atoms with Gasteiger partial charge in [-0.15, -0.1) is 0 Å². The molecule has 140 valence electrons. The molecule has 0 aromatic heterocycles. The molecular weight excluding hydrogens is 316 g/mol. The van der Waals surface area contributed by atoms with Gasteiger partial charge in [-0.25, -0.2) is 0 Å². The first-order valence-electron chi connectivity index (χ1n) is 9.72. The predicted molar refractivity (Wildman–Crippen MR) is 96.4 cm³/mol. The van der Waals surface area contributed by atoms with E-state index >= 15 is 0 Å². The Balaban J connectivity index is 1.84. The summed E-state index contributed by atoms with van der Waals surface area (Å²) in [5.74, 6) is 0.326. The summed E-state index contributed by atoms with van der Waals surface area (Å²) in [7, 11) is 0. The van der Waals surface area contributed by atoms with Crippen LogP contribution in [-0.2, 0) is 9.59 Å². The second-order valence-corrected chi connectivity index (χ2v) is 7.74. The van der Waals surface area contributed by atoms with Gasteiger partial charge in [0.05, 0.1) is 6.07 Å². The summed E-state index contributed by atoms with van der Waals surface area (Å²) in [4.78, 5) is 25.7. The summed E-state index contributed by atoms with van der Waals surface area (Å²) < 4.78 is 0. The molecule has 6 nitrogen and oxygen atoms in total. The van der Waals surface area contributed by atoms with E-state index in [0.29, 0.717) is 38.3 Å². The molecular formula is C19H32N4O2. The maximum atomic E-state index is 12.4. The van der Waals surface area contributed by atoms with Gasteiger partial charge in [-0.05, 0) is 25.2 Å². The van der Waals surface area contributed by atoms with E-state index in [-0.39, 0.29) is 17.9 Å². The maximum Gasteiger partial charge on any atom is 0.221 e. The fourth-order valence-electron chi connectivity index (χ4n) is 4.28. The number of likely N-dealkylation sites (tertiary alicyclic amines) is 1. The Labute approximate surface area is 151 Å². The van der Waals surface area contributed by atoms with E-state index < -0.39 is 5.54 Å². The summed E-state index contributed by atoms with van der Waals surface area (Å²) in [6.45, 7) is 3.20. The molecule has 1 saturated carbocycles. The second kappa shape index (κ2) is 9.19. The number of nitrogens with one attached hydrogen (secondary N) is 1. The molecule has 2 atom stereocenters. The molecule has 2 aliphatic rings. The Morgan fingerprint density at radius 2 is 2.08 bits per heavy atom. The summed E-state index contributed by atoms with van der Waals surface area (Å²) in [5.41, 5.74) is 4.50. The van der Waals surface area contributed by atoms with Crippen LogP contribution in [0.5, 0.6) is 0 Å². The summed E-state index contributed by atoms with van der Waals surface area (Å²) in [6.07, 6.45) is 9.49. The summed E-state index contributed by atoms with van der Waals surface area (Å²) in [5, 5.41) is 12.6. The van der Waals surface area contributed by atoms with Crippen LogP contribution in [-0.4, -0.2) is 41.4 Å². The van der Waals surface area contributed by atoms with Gasteiger partial charge in [-0.3, -0.25) is 14.5 Å². The zero-order valence-corrected chi connectivity index (χ0v) is 15.4. The van der Waals surface area contributed by atoms with E-state index in [1.54, 1.807) is 0 Å². The minimum atomic E-state index is -0.825. The Morgan fingerprint density at radius 1 is 1.36 bits per heavy atom. The van der Waals surface area contributed by atoms with Crippen molar-refractivity contribution in [2.45, 2.75) is 82.7 Å². The molecule has 2 amide bonds. The van der Waals surface area contributed by atoms with Gasteiger partial charge in [0, 0.05) is 32.0 Å². The van der Waals surface area contributed by atoms with Gasteiger partial charge in [-0.1, -0.05) is 39.0 Å². The summed E-state index contributed by atoms with van der Waals surface area (Å²) in [6, 6.07) is 2.37. The van der Waals surface area contributed by atoms with Crippen LogP contribution >= 0.6 is 0 Å². The number of nitrogens with two attached hydrogens (primary N) is 1. The molecule has 25 heavy (non-hydrogen) atoms. The third kappa shape index (κ3) is 5.71. The van der Waals surface area contributed by atoms with Crippen molar-refractivity contribution in [2.24, 2.45) is 11.7 Å². The van der Waals surface area contributed by atoms with E-state index in [1.807, 2.05) is 6.92 Å². The highest BCUT2D eigenvalue weighted by molar-refractivity contribution is 5.77. The minimum absolute atomic E-state index is 0.0167. The van der Waals surface area contributed by atoms with Crippen molar-refractivity contribution in [3.8, 4) is 6.07 Å². The average molecular weight is 348 g/mol. The SMILES string of the molecule is CCC(CC(N)=O)N1CCC(C#N)(NC(=O)CCC2CCCCC2)C1. The molecule has 1 aliphatic carbocycles. The molecule has 6 heteroatoms. The van der Waals surface area contributed by atoms with Crippen LogP contribution < -0.4 is 11.1 Å². The van der Waals surface area contributed by atoms with Crippen LogP contribution in [0.3, 0.4) is 0 Å². The first-order valence-corrected chi connectivity index (χ1v) is 9.72. The van der Waals surface area contributed by atoms with Crippen LogP contribution in [0.15, 0.2) is 0 Å². The molecule has 0 aromatic carbocycles. The van der Waals surface area contributed by atoms with Crippen molar-refractivity contribution >= 4 is 11.8 Å². The monoisotopic (exact) mass is 348 g/mol. The van der Waals surface area contributed by atoms with Gasteiger partial charge >= 0.3 is 0 Å². The largest absolute Gasteiger partial charge is 0.370 e. The predicted octanol–water partition coefficient (Wildman–Crippen LogP) is 2.09. The molecule has 2 rings (SSSR count). The molecule has 0 bridgehead atoms. The molecule has 1 saturated heterocycles. The fourth-order valence-corrected chi connectivity index (χ4v) is 4.28. The molecule has 1 aliphatic heterocycles. The molecule has 2 unspecified atom stereocenters. The van der Waals surface area contributed by atoms with E-state index in [4.69, 9.17) is 5.73 Å².